The van der Waals surface area contributed by atoms with Gasteiger partial charge in [0, 0.05) is 30.7 Å². The number of piperidine rings is 1. The maximum atomic E-state index is 12.3. The smallest absolute Gasteiger partial charge is 0.408 e. The summed E-state index contributed by atoms with van der Waals surface area (Å²) in [5.74, 6) is 0.00605. The van der Waals surface area contributed by atoms with Gasteiger partial charge >= 0.3 is 6.09 Å². The minimum absolute atomic E-state index is 0.0802. The topological polar surface area (TPSA) is 87.7 Å². The molecule has 0 aliphatic carbocycles. The monoisotopic (exact) mass is 435 g/mol. The number of nitrogens with zero attached hydrogens (tertiary/aromatic N) is 1. The fourth-order valence-electron chi connectivity index (χ4n) is 3.04. The molecule has 0 unspecified atom stereocenters. The number of alkyl carbamates (subject to hydrolysis) is 1. The maximum absolute atomic E-state index is 12.3. The van der Waals surface area contributed by atoms with E-state index in [0.717, 1.165) is 18.4 Å². The molecule has 0 radical (unpaired) electrons. The van der Waals surface area contributed by atoms with Gasteiger partial charge in [0.25, 0.3) is 0 Å². The van der Waals surface area contributed by atoms with Crippen LogP contribution in [0.3, 0.4) is 0 Å². The Balaban J connectivity index is 1.66. The van der Waals surface area contributed by atoms with Crippen molar-refractivity contribution >= 4 is 35.6 Å². The SMILES string of the molecule is CC(C)(C)OC(=O)NCC(=O)N1CCC(CNC(=O)/C=C/c2ccccc2Cl)CC1. The van der Waals surface area contributed by atoms with Gasteiger partial charge in [-0.05, 0) is 57.2 Å². The zero-order valence-electron chi connectivity index (χ0n) is 17.7. The molecule has 30 heavy (non-hydrogen) atoms. The zero-order valence-corrected chi connectivity index (χ0v) is 18.5. The first kappa shape index (κ1) is 23.7. The van der Waals surface area contributed by atoms with Crippen molar-refractivity contribution in [3.63, 3.8) is 0 Å². The van der Waals surface area contributed by atoms with Gasteiger partial charge in [-0.25, -0.2) is 4.79 Å². The summed E-state index contributed by atoms with van der Waals surface area (Å²) in [6.07, 6.45) is 4.16. The molecule has 1 fully saturated rings. The van der Waals surface area contributed by atoms with E-state index in [9.17, 15) is 14.4 Å². The van der Waals surface area contributed by atoms with Gasteiger partial charge in [0.2, 0.25) is 11.8 Å². The van der Waals surface area contributed by atoms with Gasteiger partial charge in [-0.3, -0.25) is 9.59 Å². The van der Waals surface area contributed by atoms with Crippen LogP contribution in [0.5, 0.6) is 0 Å². The number of benzene rings is 1. The summed E-state index contributed by atoms with van der Waals surface area (Å²) in [5, 5.41) is 5.99. The highest BCUT2D eigenvalue weighted by Gasteiger charge is 2.24. The molecule has 1 aliphatic rings. The van der Waals surface area contributed by atoms with E-state index in [-0.39, 0.29) is 18.4 Å². The molecule has 164 valence electrons. The third-order valence-corrected chi connectivity index (χ3v) is 4.98. The van der Waals surface area contributed by atoms with Crippen LogP contribution in [0.25, 0.3) is 6.08 Å². The van der Waals surface area contributed by atoms with Crippen LogP contribution in [-0.2, 0) is 14.3 Å². The lowest BCUT2D eigenvalue weighted by molar-refractivity contribution is -0.131. The number of hydrogen-bond donors (Lipinski definition) is 2. The van der Waals surface area contributed by atoms with Gasteiger partial charge in [-0.2, -0.15) is 0 Å². The molecule has 0 saturated carbocycles. The van der Waals surface area contributed by atoms with E-state index in [2.05, 4.69) is 10.6 Å². The van der Waals surface area contributed by atoms with Crippen LogP contribution >= 0.6 is 11.6 Å². The van der Waals surface area contributed by atoms with Crippen molar-refractivity contribution in [3.05, 3.63) is 40.9 Å². The number of ether oxygens (including phenoxy) is 1. The predicted molar refractivity (Wildman–Crippen MR) is 117 cm³/mol. The molecule has 0 spiro atoms. The Kier molecular flexibility index (Phi) is 8.72. The Morgan fingerprint density at radius 2 is 1.83 bits per heavy atom. The highest BCUT2D eigenvalue weighted by molar-refractivity contribution is 6.32. The van der Waals surface area contributed by atoms with Gasteiger partial charge in [0.05, 0.1) is 0 Å². The minimum atomic E-state index is -0.599. The average molecular weight is 436 g/mol. The molecular weight excluding hydrogens is 406 g/mol. The molecule has 7 nitrogen and oxygen atoms in total. The third-order valence-electron chi connectivity index (χ3n) is 4.63. The first-order valence-corrected chi connectivity index (χ1v) is 10.5. The van der Waals surface area contributed by atoms with Crippen molar-refractivity contribution in [2.45, 2.75) is 39.2 Å². The number of likely N-dealkylation sites (tertiary alicyclic amines) is 1. The summed E-state index contributed by atoms with van der Waals surface area (Å²) in [6, 6.07) is 7.32. The molecule has 0 atom stereocenters. The van der Waals surface area contributed by atoms with Crippen LogP contribution < -0.4 is 10.6 Å². The average Bonchev–Trinajstić information content (AvgIpc) is 2.69. The summed E-state index contributed by atoms with van der Waals surface area (Å²) in [6.45, 7) is 6.99. The second-order valence-electron chi connectivity index (χ2n) is 8.28. The van der Waals surface area contributed by atoms with Gasteiger partial charge in [0.1, 0.15) is 12.1 Å². The Labute approximate surface area is 182 Å². The van der Waals surface area contributed by atoms with E-state index in [4.69, 9.17) is 16.3 Å². The van der Waals surface area contributed by atoms with Gasteiger partial charge in [-0.15, -0.1) is 0 Å². The minimum Gasteiger partial charge on any atom is -0.444 e. The lowest BCUT2D eigenvalue weighted by atomic mass is 9.96. The van der Waals surface area contributed by atoms with E-state index in [1.807, 2.05) is 18.2 Å². The number of nitrogens with one attached hydrogen (secondary N) is 2. The highest BCUT2D eigenvalue weighted by atomic mass is 35.5. The Bertz CT molecular complexity index is 781. The van der Waals surface area contributed by atoms with Gasteiger partial charge < -0.3 is 20.3 Å². The van der Waals surface area contributed by atoms with Crippen molar-refractivity contribution in [2.24, 2.45) is 5.92 Å². The molecule has 0 aromatic heterocycles. The zero-order chi connectivity index (χ0) is 22.1. The third kappa shape index (κ3) is 8.45. The van der Waals surface area contributed by atoms with Crippen LogP contribution in [0.1, 0.15) is 39.2 Å². The number of carbonyl (C=O) groups excluding carboxylic acids is 3. The molecule has 2 rings (SSSR count). The van der Waals surface area contributed by atoms with Crippen LogP contribution in [-0.4, -0.2) is 54.6 Å². The number of amides is 3. The molecular formula is C22H30ClN3O4. The summed E-state index contributed by atoms with van der Waals surface area (Å²) in [5.41, 5.74) is 0.194. The van der Waals surface area contributed by atoms with Crippen molar-refractivity contribution in [1.29, 1.82) is 0 Å². The second-order valence-corrected chi connectivity index (χ2v) is 8.69. The van der Waals surface area contributed by atoms with Crippen LogP contribution in [0, 0.1) is 5.92 Å². The van der Waals surface area contributed by atoms with Crippen LogP contribution in [0.15, 0.2) is 30.3 Å². The number of hydrogen-bond acceptors (Lipinski definition) is 4. The van der Waals surface area contributed by atoms with E-state index >= 15 is 0 Å². The van der Waals surface area contributed by atoms with Crippen molar-refractivity contribution in [3.8, 4) is 0 Å². The molecule has 2 N–H and O–H groups in total. The standard InChI is InChI=1S/C22H30ClN3O4/c1-22(2,3)30-21(29)25-15-20(28)26-12-10-16(11-13-26)14-24-19(27)9-8-17-6-4-5-7-18(17)23/h4-9,16H,10-15H2,1-3H3,(H,24,27)(H,25,29)/b9-8+. The summed E-state index contributed by atoms with van der Waals surface area (Å²) >= 11 is 6.07. The molecule has 1 saturated heterocycles. The first-order chi connectivity index (χ1) is 14.1. The van der Waals surface area contributed by atoms with E-state index in [1.54, 1.807) is 37.8 Å². The maximum Gasteiger partial charge on any atom is 0.408 e. The fourth-order valence-corrected chi connectivity index (χ4v) is 3.24. The Hall–Kier alpha value is -2.54. The quantitative estimate of drug-likeness (QED) is 0.671. The van der Waals surface area contributed by atoms with Crippen LogP contribution in [0.4, 0.5) is 4.79 Å². The number of carbonyl (C=O) groups is 3. The van der Waals surface area contributed by atoms with E-state index in [1.165, 1.54) is 6.08 Å². The van der Waals surface area contributed by atoms with Crippen LogP contribution in [0.2, 0.25) is 5.02 Å². The second kappa shape index (κ2) is 11.0. The molecule has 1 aliphatic heterocycles. The fraction of sp³-hybridized carbons (Fsp3) is 0.500. The summed E-state index contributed by atoms with van der Waals surface area (Å²) in [7, 11) is 0. The number of rotatable bonds is 6. The summed E-state index contributed by atoms with van der Waals surface area (Å²) in [4.78, 5) is 37.7. The van der Waals surface area contributed by atoms with E-state index < -0.39 is 11.7 Å². The van der Waals surface area contributed by atoms with Crippen molar-refractivity contribution in [2.75, 3.05) is 26.2 Å². The lowest BCUT2D eigenvalue weighted by Crippen LogP contribution is -2.46. The molecule has 0 bridgehead atoms. The Morgan fingerprint density at radius 1 is 1.17 bits per heavy atom. The molecule has 1 heterocycles. The largest absolute Gasteiger partial charge is 0.444 e. The Morgan fingerprint density at radius 3 is 2.47 bits per heavy atom. The van der Waals surface area contributed by atoms with Crippen molar-refractivity contribution in [1.82, 2.24) is 15.5 Å². The molecule has 1 aromatic rings. The lowest BCUT2D eigenvalue weighted by Gasteiger charge is -2.32. The molecule has 8 heteroatoms. The summed E-state index contributed by atoms with van der Waals surface area (Å²) < 4.78 is 5.13. The first-order valence-electron chi connectivity index (χ1n) is 10.1. The highest BCUT2D eigenvalue weighted by Crippen LogP contribution is 2.17. The predicted octanol–water partition coefficient (Wildman–Crippen LogP) is 3.23. The normalized spacial score (nSPS) is 15.1. The van der Waals surface area contributed by atoms with Gasteiger partial charge in [0.15, 0.2) is 0 Å². The van der Waals surface area contributed by atoms with Crippen molar-refractivity contribution < 1.29 is 19.1 Å². The molecule has 1 aromatic carbocycles. The van der Waals surface area contributed by atoms with Gasteiger partial charge in [-0.1, -0.05) is 29.8 Å². The molecule has 3 amide bonds. The number of halogens is 1. The van der Waals surface area contributed by atoms with E-state index in [0.29, 0.717) is 30.6 Å².